The van der Waals surface area contributed by atoms with Gasteiger partial charge in [-0.1, -0.05) is 12.8 Å². The van der Waals surface area contributed by atoms with Gasteiger partial charge in [-0.15, -0.1) is 24.0 Å². The molecule has 0 unspecified atom stereocenters. The summed E-state index contributed by atoms with van der Waals surface area (Å²) in [5, 5.41) is 9.20. The molecular weight excluding hydrogens is 421 g/mol. The van der Waals surface area contributed by atoms with Crippen molar-refractivity contribution < 1.29 is 9.59 Å². The fourth-order valence-corrected chi connectivity index (χ4v) is 2.34. The number of hydrogen-bond donors (Lipinski definition) is 3. The predicted molar refractivity (Wildman–Crippen MR) is 108 cm³/mol. The first-order valence-electron chi connectivity index (χ1n) is 8.23. The first-order valence-corrected chi connectivity index (χ1v) is 8.23. The normalized spacial score (nSPS) is 15.5. The molecule has 0 bridgehead atoms. The van der Waals surface area contributed by atoms with Crippen molar-refractivity contribution in [3.63, 3.8) is 0 Å². The lowest BCUT2D eigenvalue weighted by molar-refractivity contribution is -0.127. The number of aliphatic imine (C=N–C) groups is 1. The van der Waals surface area contributed by atoms with E-state index in [4.69, 9.17) is 0 Å². The number of nitrogens with zero attached hydrogens (tertiary/aromatic N) is 2. The zero-order valence-electron chi connectivity index (χ0n) is 15.4. The van der Waals surface area contributed by atoms with Crippen molar-refractivity contribution in [1.82, 2.24) is 20.9 Å². The van der Waals surface area contributed by atoms with Gasteiger partial charge in [0.25, 0.3) is 0 Å². The summed E-state index contributed by atoms with van der Waals surface area (Å²) < 4.78 is 0. The molecule has 2 amide bonds. The van der Waals surface area contributed by atoms with Gasteiger partial charge >= 0.3 is 0 Å². The molecule has 1 fully saturated rings. The van der Waals surface area contributed by atoms with Crippen molar-refractivity contribution in [2.75, 3.05) is 27.2 Å². The average Bonchev–Trinajstić information content (AvgIpc) is 2.92. The van der Waals surface area contributed by atoms with E-state index in [1.54, 1.807) is 14.1 Å². The third kappa shape index (κ3) is 9.94. The van der Waals surface area contributed by atoms with Crippen LogP contribution in [-0.4, -0.2) is 61.4 Å². The van der Waals surface area contributed by atoms with Crippen LogP contribution in [0.4, 0.5) is 0 Å². The highest BCUT2D eigenvalue weighted by Crippen LogP contribution is 2.17. The standard InChI is InChI=1S/C16H31N5O2.HI/c1-16(2,3)20-13(22)10-17-15(18-11-14(23)21(4)5)19-12-8-6-7-9-12;/h12H,6-11H2,1-5H3,(H,20,22)(H2,17,18,19);1H. The highest BCUT2D eigenvalue weighted by Gasteiger charge is 2.18. The highest BCUT2D eigenvalue weighted by molar-refractivity contribution is 14.0. The molecule has 7 nitrogen and oxygen atoms in total. The summed E-state index contributed by atoms with van der Waals surface area (Å²) in [6, 6.07) is 0.362. The van der Waals surface area contributed by atoms with Gasteiger partial charge in [-0.2, -0.15) is 0 Å². The number of amides is 2. The van der Waals surface area contributed by atoms with Gasteiger partial charge in [0.1, 0.15) is 6.54 Å². The topological polar surface area (TPSA) is 85.8 Å². The second-order valence-electron chi connectivity index (χ2n) is 7.23. The third-order valence-electron chi connectivity index (χ3n) is 3.50. The van der Waals surface area contributed by atoms with E-state index in [9.17, 15) is 9.59 Å². The lowest BCUT2D eigenvalue weighted by atomic mass is 10.1. The van der Waals surface area contributed by atoms with Crippen molar-refractivity contribution in [1.29, 1.82) is 0 Å². The van der Waals surface area contributed by atoms with E-state index in [-0.39, 0.29) is 54.4 Å². The van der Waals surface area contributed by atoms with Crippen LogP contribution >= 0.6 is 24.0 Å². The van der Waals surface area contributed by atoms with E-state index < -0.39 is 0 Å². The summed E-state index contributed by atoms with van der Waals surface area (Å²) in [6.07, 6.45) is 4.59. The largest absolute Gasteiger partial charge is 0.354 e. The maximum absolute atomic E-state index is 11.9. The molecule has 140 valence electrons. The number of hydrogen-bond acceptors (Lipinski definition) is 3. The molecule has 3 N–H and O–H groups in total. The second-order valence-corrected chi connectivity index (χ2v) is 7.23. The zero-order valence-corrected chi connectivity index (χ0v) is 17.8. The Kier molecular flexibility index (Phi) is 10.3. The van der Waals surface area contributed by atoms with Crippen LogP contribution in [-0.2, 0) is 9.59 Å². The second kappa shape index (κ2) is 10.7. The van der Waals surface area contributed by atoms with E-state index in [0.29, 0.717) is 12.0 Å². The summed E-state index contributed by atoms with van der Waals surface area (Å²) in [6.45, 7) is 5.99. The molecule has 0 radical (unpaired) electrons. The first-order chi connectivity index (χ1) is 10.7. The molecule has 1 saturated carbocycles. The van der Waals surface area contributed by atoms with Crippen LogP contribution in [0.25, 0.3) is 0 Å². The quantitative estimate of drug-likeness (QED) is 0.331. The van der Waals surface area contributed by atoms with Gasteiger partial charge in [0, 0.05) is 25.7 Å². The van der Waals surface area contributed by atoms with Crippen molar-refractivity contribution in [3.8, 4) is 0 Å². The molecule has 0 saturated heterocycles. The van der Waals surface area contributed by atoms with E-state index in [0.717, 1.165) is 12.8 Å². The SMILES string of the molecule is CN(C)C(=O)CNC(=NCC(=O)NC(C)(C)C)NC1CCCC1.I. The van der Waals surface area contributed by atoms with Gasteiger partial charge < -0.3 is 20.9 Å². The number of rotatable bonds is 5. The lowest BCUT2D eigenvalue weighted by Gasteiger charge is -2.21. The van der Waals surface area contributed by atoms with Crippen LogP contribution in [0.1, 0.15) is 46.5 Å². The van der Waals surface area contributed by atoms with E-state index >= 15 is 0 Å². The van der Waals surface area contributed by atoms with Crippen molar-refractivity contribution in [3.05, 3.63) is 0 Å². The summed E-state index contributed by atoms with van der Waals surface area (Å²) in [5.74, 6) is 0.352. The summed E-state index contributed by atoms with van der Waals surface area (Å²) in [7, 11) is 3.42. The number of nitrogens with one attached hydrogen (secondary N) is 3. The fourth-order valence-electron chi connectivity index (χ4n) is 2.34. The molecule has 0 heterocycles. The average molecular weight is 453 g/mol. The molecule has 0 aromatic heterocycles. The Balaban J connectivity index is 0.00000529. The van der Waals surface area contributed by atoms with Crippen molar-refractivity contribution >= 4 is 41.8 Å². The molecule has 8 heteroatoms. The van der Waals surface area contributed by atoms with E-state index in [2.05, 4.69) is 20.9 Å². The maximum Gasteiger partial charge on any atom is 0.242 e. The molecule has 0 aromatic rings. The smallest absolute Gasteiger partial charge is 0.242 e. The number of likely N-dealkylation sites (N-methyl/N-ethyl adjacent to an activating group) is 1. The summed E-state index contributed by atoms with van der Waals surface area (Å²) in [5.41, 5.74) is -0.278. The Morgan fingerprint density at radius 1 is 1.17 bits per heavy atom. The Bertz CT molecular complexity index is 440. The van der Waals surface area contributed by atoms with Gasteiger partial charge in [0.15, 0.2) is 5.96 Å². The van der Waals surface area contributed by atoms with Gasteiger partial charge in [0.2, 0.25) is 11.8 Å². The van der Waals surface area contributed by atoms with Crippen molar-refractivity contribution in [2.24, 2.45) is 4.99 Å². The maximum atomic E-state index is 11.9. The first kappa shape index (κ1) is 22.9. The Labute approximate surface area is 162 Å². The summed E-state index contributed by atoms with van der Waals surface area (Å²) >= 11 is 0. The molecule has 1 rings (SSSR count). The molecule has 24 heavy (non-hydrogen) atoms. The molecule has 0 spiro atoms. The Morgan fingerprint density at radius 3 is 2.25 bits per heavy atom. The van der Waals surface area contributed by atoms with Gasteiger partial charge in [-0.25, -0.2) is 4.99 Å². The predicted octanol–water partition coefficient (Wildman–Crippen LogP) is 1.09. The third-order valence-corrected chi connectivity index (χ3v) is 3.50. The van der Waals surface area contributed by atoms with Gasteiger partial charge in [-0.3, -0.25) is 9.59 Å². The Morgan fingerprint density at radius 2 is 1.75 bits per heavy atom. The van der Waals surface area contributed by atoms with Crippen LogP contribution < -0.4 is 16.0 Å². The van der Waals surface area contributed by atoms with Crippen LogP contribution in [0, 0.1) is 0 Å². The van der Waals surface area contributed by atoms with Crippen LogP contribution in [0.2, 0.25) is 0 Å². The number of carbonyl (C=O) groups excluding carboxylic acids is 2. The Hall–Kier alpha value is -1.06. The number of halogens is 1. The molecular formula is C16H32IN5O2. The van der Waals surface area contributed by atoms with Gasteiger partial charge in [-0.05, 0) is 33.6 Å². The summed E-state index contributed by atoms with van der Waals surface area (Å²) in [4.78, 5) is 29.4. The van der Waals surface area contributed by atoms with E-state index in [1.807, 2.05) is 20.8 Å². The minimum Gasteiger partial charge on any atom is -0.354 e. The highest BCUT2D eigenvalue weighted by atomic mass is 127. The number of carbonyl (C=O) groups is 2. The van der Waals surface area contributed by atoms with Crippen LogP contribution in [0.5, 0.6) is 0 Å². The van der Waals surface area contributed by atoms with Crippen molar-refractivity contribution in [2.45, 2.75) is 58.0 Å². The number of guanidine groups is 1. The molecule has 0 atom stereocenters. The molecule has 0 aromatic carbocycles. The fraction of sp³-hybridized carbons (Fsp3) is 0.812. The minimum absolute atomic E-state index is 0. The zero-order chi connectivity index (χ0) is 17.5. The van der Waals surface area contributed by atoms with Crippen LogP contribution in [0.15, 0.2) is 4.99 Å². The minimum atomic E-state index is -0.278. The molecule has 0 aliphatic heterocycles. The van der Waals surface area contributed by atoms with Gasteiger partial charge in [0.05, 0.1) is 6.54 Å². The lowest BCUT2D eigenvalue weighted by Crippen LogP contribution is -2.47. The molecule has 1 aliphatic rings. The monoisotopic (exact) mass is 453 g/mol. The van der Waals surface area contributed by atoms with Crippen LogP contribution in [0.3, 0.4) is 0 Å². The molecule has 1 aliphatic carbocycles. The van der Waals surface area contributed by atoms with E-state index in [1.165, 1.54) is 17.7 Å².